The SMILES string of the molecule is CC1(C)CC(N=C2C(C)(C)N3CCCCCCC4(c5nc(N6CCOCC6)nc(n5)C24[N])C3(C)C)CC(C)(C)N1. The monoisotopic (exact) mass is 550 g/mol. The highest BCUT2D eigenvalue weighted by molar-refractivity contribution is 6.04. The zero-order valence-electron chi connectivity index (χ0n) is 26.1. The first-order chi connectivity index (χ1) is 18.6. The topological polar surface area (TPSA) is 101 Å². The van der Waals surface area contributed by atoms with Crippen molar-refractivity contribution in [2.45, 2.75) is 139 Å². The van der Waals surface area contributed by atoms with Gasteiger partial charge in [0.15, 0.2) is 11.4 Å². The highest BCUT2D eigenvalue weighted by Crippen LogP contribution is 2.63. The molecule has 0 aromatic carbocycles. The normalized spacial score (nSPS) is 37.4. The largest absolute Gasteiger partial charge is 0.378 e. The first kappa shape index (κ1) is 28.4. The molecule has 4 fully saturated rings. The van der Waals surface area contributed by atoms with Crippen molar-refractivity contribution >= 4 is 11.7 Å². The second-order valence-corrected chi connectivity index (χ2v) is 15.4. The van der Waals surface area contributed by atoms with Crippen molar-refractivity contribution < 1.29 is 4.74 Å². The highest BCUT2D eigenvalue weighted by Gasteiger charge is 2.76. The van der Waals surface area contributed by atoms with Crippen LogP contribution in [0.1, 0.15) is 112 Å². The molecule has 1 aromatic heterocycles. The molecular weight excluding hydrogens is 500 g/mol. The van der Waals surface area contributed by atoms with E-state index in [4.69, 9.17) is 24.7 Å². The second kappa shape index (κ2) is 9.16. The Kier molecular flexibility index (Phi) is 6.51. The summed E-state index contributed by atoms with van der Waals surface area (Å²) >= 11 is 0. The first-order valence-electron chi connectivity index (χ1n) is 15.6. The summed E-state index contributed by atoms with van der Waals surface area (Å²) in [4.78, 5) is 25.8. The first-order valence-corrected chi connectivity index (χ1v) is 15.6. The molecule has 1 aromatic rings. The fourth-order valence-corrected chi connectivity index (χ4v) is 9.46. The molecule has 4 bridgehead atoms. The Balaban J connectivity index is 1.59. The van der Waals surface area contributed by atoms with E-state index in [1.807, 2.05) is 0 Å². The summed E-state index contributed by atoms with van der Waals surface area (Å²) in [5.74, 6) is 1.90. The maximum Gasteiger partial charge on any atom is 0.229 e. The minimum atomic E-state index is -1.42. The molecule has 1 N–H and O–H groups in total. The summed E-state index contributed by atoms with van der Waals surface area (Å²) in [7, 11) is 0. The number of ether oxygens (including phenoxy) is 1. The number of nitrogens with zero attached hydrogens (tertiary/aromatic N) is 7. The van der Waals surface area contributed by atoms with E-state index in [9.17, 15) is 5.73 Å². The third-order valence-electron chi connectivity index (χ3n) is 10.7. The van der Waals surface area contributed by atoms with Gasteiger partial charge in [-0.25, -0.2) is 4.98 Å². The molecule has 2 radical (unpaired) electrons. The van der Waals surface area contributed by atoms with Gasteiger partial charge in [0.25, 0.3) is 0 Å². The summed E-state index contributed by atoms with van der Waals surface area (Å²) in [5.41, 5.74) is 11.2. The molecule has 9 heteroatoms. The van der Waals surface area contributed by atoms with Crippen LogP contribution in [0.25, 0.3) is 0 Å². The molecule has 3 unspecified atom stereocenters. The fraction of sp³-hybridized carbons (Fsp3) is 0.871. The number of rotatable bonds is 2. The van der Waals surface area contributed by atoms with Gasteiger partial charge in [0.05, 0.1) is 35.9 Å². The third kappa shape index (κ3) is 4.01. The van der Waals surface area contributed by atoms with Crippen LogP contribution in [0.3, 0.4) is 0 Å². The van der Waals surface area contributed by atoms with E-state index in [2.05, 4.69) is 70.5 Å². The number of nitrogens with one attached hydrogen (secondary N) is 1. The van der Waals surface area contributed by atoms with E-state index in [0.29, 0.717) is 25.0 Å². The molecule has 9 nitrogen and oxygen atoms in total. The molecule has 5 aliphatic heterocycles. The second-order valence-electron chi connectivity index (χ2n) is 15.4. The Bertz CT molecular complexity index is 1170. The summed E-state index contributed by atoms with van der Waals surface area (Å²) in [6.45, 7) is 22.0. The van der Waals surface area contributed by atoms with Crippen molar-refractivity contribution in [2.24, 2.45) is 4.99 Å². The van der Waals surface area contributed by atoms with Crippen molar-refractivity contribution in [1.82, 2.24) is 30.9 Å². The minimum absolute atomic E-state index is 0.0499. The molecule has 5 aliphatic rings. The van der Waals surface area contributed by atoms with Crippen LogP contribution in [0.2, 0.25) is 0 Å². The molecule has 1 spiro atoms. The minimum Gasteiger partial charge on any atom is -0.378 e. The highest BCUT2D eigenvalue weighted by atomic mass is 16.5. The molecule has 220 valence electrons. The van der Waals surface area contributed by atoms with Gasteiger partial charge in [-0.3, -0.25) is 9.89 Å². The van der Waals surface area contributed by atoms with Gasteiger partial charge >= 0.3 is 0 Å². The Hall–Kier alpha value is -1.68. The van der Waals surface area contributed by atoms with Gasteiger partial charge in [-0.2, -0.15) is 9.97 Å². The predicted molar refractivity (Wildman–Crippen MR) is 158 cm³/mol. The number of aliphatic imine (C=N–C) groups is 1. The molecule has 40 heavy (non-hydrogen) atoms. The summed E-state index contributed by atoms with van der Waals surface area (Å²) in [6, 6.07) is 0.0844. The fourth-order valence-electron chi connectivity index (χ4n) is 9.46. The quantitative estimate of drug-likeness (QED) is 0.598. The summed E-state index contributed by atoms with van der Waals surface area (Å²) < 4.78 is 5.62. The van der Waals surface area contributed by atoms with Gasteiger partial charge in [-0.1, -0.05) is 19.3 Å². The molecule has 0 aliphatic carbocycles. The van der Waals surface area contributed by atoms with E-state index >= 15 is 0 Å². The third-order valence-corrected chi connectivity index (χ3v) is 10.7. The lowest BCUT2D eigenvalue weighted by Gasteiger charge is -2.65. The van der Waals surface area contributed by atoms with Gasteiger partial charge in [-0.15, -0.1) is 5.73 Å². The zero-order valence-corrected chi connectivity index (χ0v) is 26.1. The van der Waals surface area contributed by atoms with Gasteiger partial charge in [-0.05, 0) is 87.6 Å². The number of fused-ring (bicyclic) bond motifs is 4. The van der Waals surface area contributed by atoms with Crippen molar-refractivity contribution in [3.8, 4) is 0 Å². The van der Waals surface area contributed by atoms with Gasteiger partial charge in [0.2, 0.25) is 5.95 Å². The van der Waals surface area contributed by atoms with Gasteiger partial charge in [0.1, 0.15) is 5.82 Å². The number of hydrogen-bond acceptors (Lipinski definition) is 8. The number of piperidine rings is 2. The van der Waals surface area contributed by atoms with Crippen molar-refractivity contribution in [1.29, 1.82) is 0 Å². The van der Waals surface area contributed by atoms with Crippen LogP contribution in [-0.4, -0.2) is 86.6 Å². The van der Waals surface area contributed by atoms with E-state index < -0.39 is 22.0 Å². The van der Waals surface area contributed by atoms with Crippen molar-refractivity contribution in [3.63, 3.8) is 0 Å². The van der Waals surface area contributed by atoms with Crippen LogP contribution in [-0.2, 0) is 15.7 Å². The molecule has 3 atom stereocenters. The molecule has 0 saturated carbocycles. The molecule has 6 heterocycles. The van der Waals surface area contributed by atoms with Crippen LogP contribution >= 0.6 is 0 Å². The van der Waals surface area contributed by atoms with Crippen LogP contribution in [0.4, 0.5) is 5.95 Å². The summed E-state index contributed by atoms with van der Waals surface area (Å²) in [6.07, 6.45) is 7.13. The standard InChI is InChI=1S/C31H50N8O/c1-26(2)19-21(20-27(3,4)37-26)33-22-28(5,6)39-14-12-10-9-11-13-30(29(39,7)8)23-34-24(31(22,30)32)36-25(35-23)38-15-17-40-18-16-38/h21,37H,9-20H2,1-8H3. The van der Waals surface area contributed by atoms with E-state index in [-0.39, 0.29) is 17.1 Å². The maximum atomic E-state index is 13.5. The zero-order chi connectivity index (χ0) is 28.8. The van der Waals surface area contributed by atoms with Crippen LogP contribution in [0.5, 0.6) is 0 Å². The lowest BCUT2D eigenvalue weighted by atomic mass is 9.50. The molecule has 6 rings (SSSR count). The number of hydrogen-bond donors (Lipinski definition) is 1. The average molecular weight is 551 g/mol. The smallest absolute Gasteiger partial charge is 0.229 e. The Morgan fingerprint density at radius 3 is 2.12 bits per heavy atom. The number of anilines is 1. The van der Waals surface area contributed by atoms with Crippen molar-refractivity contribution in [3.05, 3.63) is 11.6 Å². The Morgan fingerprint density at radius 1 is 0.825 bits per heavy atom. The number of morpholine rings is 1. The van der Waals surface area contributed by atoms with Crippen LogP contribution < -0.4 is 16.0 Å². The van der Waals surface area contributed by atoms with E-state index in [1.165, 1.54) is 6.42 Å². The predicted octanol–water partition coefficient (Wildman–Crippen LogP) is 3.81. The number of aromatic nitrogens is 3. The molecule has 4 saturated heterocycles. The van der Waals surface area contributed by atoms with Crippen LogP contribution in [0.15, 0.2) is 4.99 Å². The average Bonchev–Trinajstić information content (AvgIpc) is 3.06. The van der Waals surface area contributed by atoms with Crippen LogP contribution in [0, 0.1) is 0 Å². The Morgan fingerprint density at radius 2 is 1.45 bits per heavy atom. The Labute approximate surface area is 241 Å². The lowest BCUT2D eigenvalue weighted by Crippen LogP contribution is -2.80. The van der Waals surface area contributed by atoms with E-state index in [1.54, 1.807) is 0 Å². The van der Waals surface area contributed by atoms with Gasteiger partial charge < -0.3 is 15.0 Å². The van der Waals surface area contributed by atoms with Gasteiger partial charge in [0, 0.05) is 29.7 Å². The van der Waals surface area contributed by atoms with E-state index in [0.717, 1.165) is 69.7 Å². The summed E-state index contributed by atoms with van der Waals surface area (Å²) in [5, 5.41) is 3.81. The lowest BCUT2D eigenvalue weighted by molar-refractivity contribution is -0.0615. The van der Waals surface area contributed by atoms with Crippen molar-refractivity contribution in [2.75, 3.05) is 37.7 Å². The maximum absolute atomic E-state index is 13.5. The molecular formula is C31H50N8O. The molecule has 0 amide bonds.